The minimum atomic E-state index is -0.974. The number of aromatic carboxylic acids is 1. The van der Waals surface area contributed by atoms with E-state index < -0.39 is 5.97 Å². The number of benzene rings is 2. The highest BCUT2D eigenvalue weighted by atomic mass is 79.9. The minimum absolute atomic E-state index is 0.202. The number of furan rings is 1. The van der Waals surface area contributed by atoms with Crippen molar-refractivity contribution in [2.24, 2.45) is 0 Å². The van der Waals surface area contributed by atoms with E-state index in [4.69, 9.17) is 21.7 Å². The molecule has 5 nitrogen and oxygen atoms in total. The molecule has 1 aliphatic heterocycles. The van der Waals surface area contributed by atoms with E-state index in [0.29, 0.717) is 26.4 Å². The number of thiocarbonyl (C=S) groups is 1. The summed E-state index contributed by atoms with van der Waals surface area (Å²) in [5, 5.41) is 9.12. The zero-order valence-corrected chi connectivity index (χ0v) is 18.8. The number of thioether (sulfide) groups is 1. The van der Waals surface area contributed by atoms with Crippen molar-refractivity contribution in [1.82, 2.24) is 0 Å². The summed E-state index contributed by atoms with van der Waals surface area (Å²) in [6.07, 6.45) is 1.67. The quantitative estimate of drug-likeness (QED) is 0.344. The van der Waals surface area contributed by atoms with Crippen molar-refractivity contribution in [1.29, 1.82) is 0 Å². The average molecular weight is 500 g/mol. The zero-order valence-electron chi connectivity index (χ0n) is 15.6. The van der Waals surface area contributed by atoms with Gasteiger partial charge in [-0.05, 0) is 61.0 Å². The molecule has 4 rings (SSSR count). The van der Waals surface area contributed by atoms with Crippen LogP contribution in [0.3, 0.4) is 0 Å². The summed E-state index contributed by atoms with van der Waals surface area (Å²) < 4.78 is 7.27. The number of halogens is 1. The third-order valence-corrected chi connectivity index (χ3v) is 6.35. The molecule has 1 fully saturated rings. The van der Waals surface area contributed by atoms with Crippen molar-refractivity contribution in [3.05, 3.63) is 80.9 Å². The Kier molecular flexibility index (Phi) is 5.64. The highest BCUT2D eigenvalue weighted by molar-refractivity contribution is 9.10. The Hall–Kier alpha value is -2.68. The van der Waals surface area contributed by atoms with Crippen LogP contribution in [0.15, 0.2) is 68.4 Å². The van der Waals surface area contributed by atoms with E-state index >= 15 is 0 Å². The molecule has 1 N–H and O–H groups in total. The van der Waals surface area contributed by atoms with Gasteiger partial charge in [-0.1, -0.05) is 46.0 Å². The van der Waals surface area contributed by atoms with E-state index in [1.165, 1.54) is 22.7 Å². The number of nitrogens with zero attached hydrogens (tertiary/aromatic N) is 1. The van der Waals surface area contributed by atoms with Crippen molar-refractivity contribution < 1.29 is 19.1 Å². The molecule has 0 saturated carbocycles. The van der Waals surface area contributed by atoms with E-state index in [9.17, 15) is 9.59 Å². The second-order valence-electron chi connectivity index (χ2n) is 6.53. The number of carbonyl (C=O) groups excluding carboxylic acids is 1. The third-order valence-electron chi connectivity index (χ3n) is 4.52. The molecule has 1 aromatic heterocycles. The van der Waals surface area contributed by atoms with Crippen molar-refractivity contribution >= 4 is 67.9 Å². The van der Waals surface area contributed by atoms with Gasteiger partial charge in [0.25, 0.3) is 5.91 Å². The van der Waals surface area contributed by atoms with Crippen LogP contribution < -0.4 is 4.90 Å². The van der Waals surface area contributed by atoms with Gasteiger partial charge in [-0.15, -0.1) is 0 Å². The second-order valence-corrected chi connectivity index (χ2v) is 9.12. The van der Waals surface area contributed by atoms with Crippen LogP contribution in [0.4, 0.5) is 5.69 Å². The lowest BCUT2D eigenvalue weighted by atomic mass is 10.0. The molecule has 1 aliphatic rings. The number of rotatable bonds is 4. The maximum atomic E-state index is 12.9. The number of carboxylic acid groups (broad SMARTS) is 1. The standard InChI is InChI=1S/C22H14BrNO4S2/c1-12-10-13(21(26)27)2-8-17(12)18-9-7-16(28-18)11-19-20(25)24(22(29)30-19)15-5-3-14(23)4-6-15/h2-11H,1H3,(H,26,27)/b19-11-. The van der Waals surface area contributed by atoms with Gasteiger partial charge in [-0.3, -0.25) is 9.69 Å². The summed E-state index contributed by atoms with van der Waals surface area (Å²) in [4.78, 5) is 26.0. The van der Waals surface area contributed by atoms with Crippen LogP contribution in [-0.4, -0.2) is 21.3 Å². The molecule has 0 unspecified atom stereocenters. The van der Waals surface area contributed by atoms with Crippen LogP contribution in [0, 0.1) is 6.92 Å². The fourth-order valence-corrected chi connectivity index (χ4v) is 4.60. The minimum Gasteiger partial charge on any atom is -0.478 e. The van der Waals surface area contributed by atoms with E-state index in [1.54, 1.807) is 30.3 Å². The fourth-order valence-electron chi connectivity index (χ4n) is 3.06. The van der Waals surface area contributed by atoms with Crippen LogP contribution in [0.2, 0.25) is 0 Å². The zero-order chi connectivity index (χ0) is 21.4. The number of aryl methyl sites for hydroxylation is 1. The maximum Gasteiger partial charge on any atom is 0.335 e. The van der Waals surface area contributed by atoms with Crippen LogP contribution in [-0.2, 0) is 4.79 Å². The summed E-state index contributed by atoms with van der Waals surface area (Å²) in [5.41, 5.74) is 2.51. The molecular formula is C22H14BrNO4S2. The number of amides is 1. The topological polar surface area (TPSA) is 70.8 Å². The summed E-state index contributed by atoms with van der Waals surface area (Å²) in [6.45, 7) is 1.83. The van der Waals surface area contributed by atoms with Gasteiger partial charge in [-0.2, -0.15) is 0 Å². The van der Waals surface area contributed by atoms with E-state index in [0.717, 1.165) is 15.6 Å². The first-order chi connectivity index (χ1) is 14.3. The van der Waals surface area contributed by atoms with E-state index in [1.807, 2.05) is 31.2 Å². The number of carbonyl (C=O) groups is 2. The van der Waals surface area contributed by atoms with Crippen LogP contribution in [0.25, 0.3) is 17.4 Å². The van der Waals surface area contributed by atoms with Gasteiger partial charge in [0.2, 0.25) is 0 Å². The molecule has 8 heteroatoms. The largest absolute Gasteiger partial charge is 0.478 e. The first-order valence-corrected chi connectivity index (χ1v) is 10.8. The summed E-state index contributed by atoms with van der Waals surface area (Å²) in [6, 6.07) is 15.8. The molecule has 0 spiro atoms. The molecule has 0 bridgehead atoms. The fraction of sp³-hybridized carbons (Fsp3) is 0.0455. The summed E-state index contributed by atoms with van der Waals surface area (Å²) in [5.74, 6) is -0.0630. The molecule has 2 heterocycles. The lowest BCUT2D eigenvalue weighted by molar-refractivity contribution is -0.113. The van der Waals surface area contributed by atoms with Crippen molar-refractivity contribution in [2.45, 2.75) is 6.92 Å². The number of hydrogen-bond donors (Lipinski definition) is 1. The van der Waals surface area contributed by atoms with Crippen LogP contribution in [0.1, 0.15) is 21.7 Å². The van der Waals surface area contributed by atoms with Crippen molar-refractivity contribution in [3.8, 4) is 11.3 Å². The molecular weight excluding hydrogens is 486 g/mol. The molecule has 0 aliphatic carbocycles. The Morgan fingerprint density at radius 2 is 1.90 bits per heavy atom. The highest BCUT2D eigenvalue weighted by Gasteiger charge is 2.33. The number of carboxylic acids is 1. The molecule has 0 atom stereocenters. The lowest BCUT2D eigenvalue weighted by Crippen LogP contribution is -2.27. The smallest absolute Gasteiger partial charge is 0.335 e. The maximum absolute atomic E-state index is 12.9. The van der Waals surface area contributed by atoms with Crippen LogP contribution >= 0.6 is 39.9 Å². The van der Waals surface area contributed by atoms with Gasteiger partial charge in [0.05, 0.1) is 16.2 Å². The number of hydrogen-bond acceptors (Lipinski definition) is 5. The summed E-state index contributed by atoms with van der Waals surface area (Å²) >= 11 is 10.00. The SMILES string of the molecule is Cc1cc(C(=O)O)ccc1-c1ccc(/C=C2\SC(=S)N(c3ccc(Br)cc3)C2=O)o1. The molecule has 1 saturated heterocycles. The molecule has 3 aromatic rings. The third kappa shape index (κ3) is 3.98. The number of anilines is 1. The molecule has 1 amide bonds. The van der Waals surface area contributed by atoms with Gasteiger partial charge < -0.3 is 9.52 Å². The average Bonchev–Trinajstić information content (AvgIpc) is 3.27. The normalized spacial score (nSPS) is 15.3. The van der Waals surface area contributed by atoms with Gasteiger partial charge >= 0.3 is 5.97 Å². The monoisotopic (exact) mass is 499 g/mol. The first kappa shape index (κ1) is 20.6. The van der Waals surface area contributed by atoms with Gasteiger partial charge in [0.1, 0.15) is 11.5 Å². The predicted octanol–water partition coefficient (Wildman–Crippen LogP) is 6.12. The Morgan fingerprint density at radius 3 is 2.57 bits per heavy atom. The van der Waals surface area contributed by atoms with Gasteiger partial charge in [-0.25, -0.2) is 4.79 Å². The van der Waals surface area contributed by atoms with Crippen LogP contribution in [0.5, 0.6) is 0 Å². The lowest BCUT2D eigenvalue weighted by Gasteiger charge is -2.14. The molecule has 30 heavy (non-hydrogen) atoms. The van der Waals surface area contributed by atoms with E-state index in [-0.39, 0.29) is 11.5 Å². The Balaban J connectivity index is 1.60. The second kappa shape index (κ2) is 8.22. The van der Waals surface area contributed by atoms with Crippen molar-refractivity contribution in [2.75, 3.05) is 4.90 Å². The Labute approximate surface area is 190 Å². The van der Waals surface area contributed by atoms with Crippen molar-refractivity contribution in [3.63, 3.8) is 0 Å². The molecule has 0 radical (unpaired) electrons. The Bertz CT molecular complexity index is 1210. The van der Waals surface area contributed by atoms with Gasteiger partial charge in [0, 0.05) is 16.1 Å². The molecule has 150 valence electrons. The summed E-state index contributed by atoms with van der Waals surface area (Å²) in [7, 11) is 0. The predicted molar refractivity (Wildman–Crippen MR) is 126 cm³/mol. The highest BCUT2D eigenvalue weighted by Crippen LogP contribution is 2.37. The van der Waals surface area contributed by atoms with E-state index in [2.05, 4.69) is 15.9 Å². The Morgan fingerprint density at radius 1 is 1.17 bits per heavy atom. The first-order valence-electron chi connectivity index (χ1n) is 8.81. The molecule has 2 aromatic carbocycles. The van der Waals surface area contributed by atoms with Gasteiger partial charge in [0.15, 0.2) is 4.32 Å².